The SMILES string of the molecule is Cn1cc(C(=O)C=Cc2ccc(OCC(F)F)cc2)cn1. The van der Waals surface area contributed by atoms with Gasteiger partial charge in [0.2, 0.25) is 0 Å². The number of halogens is 2. The van der Waals surface area contributed by atoms with Gasteiger partial charge < -0.3 is 4.74 Å². The van der Waals surface area contributed by atoms with Crippen molar-refractivity contribution in [3.63, 3.8) is 0 Å². The molecule has 0 aliphatic carbocycles. The molecule has 1 heterocycles. The molecule has 0 saturated carbocycles. The molecule has 0 aliphatic rings. The van der Waals surface area contributed by atoms with Crippen LogP contribution in [0.1, 0.15) is 15.9 Å². The van der Waals surface area contributed by atoms with Crippen LogP contribution in [0.2, 0.25) is 0 Å². The Morgan fingerprint density at radius 1 is 1.38 bits per heavy atom. The quantitative estimate of drug-likeness (QED) is 0.607. The van der Waals surface area contributed by atoms with Crippen LogP contribution in [-0.4, -0.2) is 28.6 Å². The van der Waals surface area contributed by atoms with Gasteiger partial charge in [0, 0.05) is 13.2 Å². The lowest BCUT2D eigenvalue weighted by Gasteiger charge is -2.04. The number of ketones is 1. The second-order valence-electron chi connectivity index (χ2n) is 4.37. The Morgan fingerprint density at radius 3 is 2.67 bits per heavy atom. The van der Waals surface area contributed by atoms with Crippen molar-refractivity contribution in [2.45, 2.75) is 6.43 Å². The fraction of sp³-hybridized carbons (Fsp3) is 0.200. The number of allylic oxidation sites excluding steroid dienone is 1. The molecule has 0 saturated heterocycles. The highest BCUT2D eigenvalue weighted by atomic mass is 19.3. The molecule has 0 amide bonds. The fourth-order valence-corrected chi connectivity index (χ4v) is 1.65. The standard InChI is InChI=1S/C15H14F2N2O2/c1-19-9-12(8-18-19)14(20)7-4-11-2-5-13(6-3-11)21-10-15(16)17/h2-9,15H,10H2,1H3. The van der Waals surface area contributed by atoms with Gasteiger partial charge in [0.1, 0.15) is 12.4 Å². The molecule has 110 valence electrons. The van der Waals surface area contributed by atoms with Crippen molar-refractivity contribution in [2.24, 2.45) is 7.05 Å². The smallest absolute Gasteiger partial charge is 0.272 e. The van der Waals surface area contributed by atoms with Gasteiger partial charge in [-0.15, -0.1) is 0 Å². The zero-order valence-electron chi connectivity index (χ0n) is 11.4. The summed E-state index contributed by atoms with van der Waals surface area (Å²) < 4.78 is 30.4. The summed E-state index contributed by atoms with van der Waals surface area (Å²) in [6.07, 6.45) is 3.71. The number of rotatable bonds is 6. The highest BCUT2D eigenvalue weighted by Gasteiger charge is 2.04. The summed E-state index contributed by atoms with van der Waals surface area (Å²) in [4.78, 5) is 11.8. The Hall–Kier alpha value is -2.50. The van der Waals surface area contributed by atoms with Crippen LogP contribution in [0, 0.1) is 0 Å². The third-order valence-corrected chi connectivity index (χ3v) is 2.67. The van der Waals surface area contributed by atoms with Crippen molar-refractivity contribution >= 4 is 11.9 Å². The first-order valence-corrected chi connectivity index (χ1v) is 6.26. The van der Waals surface area contributed by atoms with Crippen LogP contribution in [0.25, 0.3) is 6.08 Å². The number of benzene rings is 1. The minimum Gasteiger partial charge on any atom is -0.488 e. The maximum Gasteiger partial charge on any atom is 0.272 e. The Bertz CT molecular complexity index is 633. The average Bonchev–Trinajstić information content (AvgIpc) is 2.90. The monoisotopic (exact) mass is 292 g/mol. The molecule has 0 radical (unpaired) electrons. The third-order valence-electron chi connectivity index (χ3n) is 2.67. The second kappa shape index (κ2) is 6.78. The van der Waals surface area contributed by atoms with Crippen molar-refractivity contribution in [3.8, 4) is 5.75 Å². The number of aryl methyl sites for hydroxylation is 1. The molecular formula is C15H14F2N2O2. The number of ether oxygens (including phenoxy) is 1. The van der Waals surface area contributed by atoms with Gasteiger partial charge in [-0.25, -0.2) is 8.78 Å². The molecule has 0 fully saturated rings. The van der Waals surface area contributed by atoms with Crippen molar-refractivity contribution in [2.75, 3.05) is 6.61 Å². The van der Waals surface area contributed by atoms with Crippen molar-refractivity contribution < 1.29 is 18.3 Å². The van der Waals surface area contributed by atoms with Gasteiger partial charge in [-0.3, -0.25) is 9.48 Å². The molecule has 0 N–H and O–H groups in total. The molecule has 2 rings (SSSR count). The minimum atomic E-state index is -2.50. The molecule has 4 nitrogen and oxygen atoms in total. The van der Waals surface area contributed by atoms with E-state index in [2.05, 4.69) is 5.10 Å². The van der Waals surface area contributed by atoms with Gasteiger partial charge in [-0.2, -0.15) is 5.10 Å². The summed E-state index contributed by atoms with van der Waals surface area (Å²) in [7, 11) is 1.73. The highest BCUT2D eigenvalue weighted by Crippen LogP contribution is 2.14. The molecule has 0 unspecified atom stereocenters. The number of hydrogen-bond donors (Lipinski definition) is 0. The lowest BCUT2D eigenvalue weighted by molar-refractivity contribution is 0.0819. The predicted octanol–water partition coefficient (Wildman–Crippen LogP) is 2.96. The van der Waals surface area contributed by atoms with Crippen molar-refractivity contribution in [3.05, 3.63) is 53.9 Å². The van der Waals surface area contributed by atoms with E-state index in [1.165, 1.54) is 12.3 Å². The normalized spacial score (nSPS) is 11.2. The Labute approximate surface area is 120 Å². The first-order valence-electron chi connectivity index (χ1n) is 6.26. The van der Waals surface area contributed by atoms with E-state index < -0.39 is 13.0 Å². The van der Waals surface area contributed by atoms with Crippen LogP contribution < -0.4 is 4.74 Å². The van der Waals surface area contributed by atoms with E-state index in [0.717, 1.165) is 5.56 Å². The largest absolute Gasteiger partial charge is 0.488 e. The number of carbonyl (C=O) groups excluding carboxylic acids is 1. The van der Waals surface area contributed by atoms with E-state index in [-0.39, 0.29) is 5.78 Å². The lowest BCUT2D eigenvalue weighted by Crippen LogP contribution is -2.06. The summed E-state index contributed by atoms with van der Waals surface area (Å²) in [5, 5.41) is 3.92. The Kier molecular flexibility index (Phi) is 4.81. The number of aromatic nitrogens is 2. The topological polar surface area (TPSA) is 44.1 Å². The van der Waals surface area contributed by atoms with E-state index in [9.17, 15) is 13.6 Å². The average molecular weight is 292 g/mol. The van der Waals surface area contributed by atoms with Crippen LogP contribution in [0.3, 0.4) is 0 Å². The molecule has 0 atom stereocenters. The van der Waals surface area contributed by atoms with Gasteiger partial charge in [0.05, 0.1) is 11.8 Å². The summed E-state index contributed by atoms with van der Waals surface area (Å²) in [6.45, 7) is -0.630. The number of alkyl halides is 2. The maximum absolute atomic E-state index is 12.0. The van der Waals surface area contributed by atoms with Crippen LogP contribution >= 0.6 is 0 Å². The van der Waals surface area contributed by atoms with Gasteiger partial charge in [-0.05, 0) is 23.8 Å². The van der Waals surface area contributed by atoms with Crippen LogP contribution in [0.15, 0.2) is 42.7 Å². The van der Waals surface area contributed by atoms with Gasteiger partial charge >= 0.3 is 0 Å². The van der Waals surface area contributed by atoms with Crippen molar-refractivity contribution in [1.82, 2.24) is 9.78 Å². The second-order valence-corrected chi connectivity index (χ2v) is 4.37. The zero-order chi connectivity index (χ0) is 15.2. The number of nitrogens with zero attached hydrogens (tertiary/aromatic N) is 2. The third kappa shape index (κ3) is 4.52. The summed E-state index contributed by atoms with van der Waals surface area (Å²) in [5.41, 5.74) is 1.28. The van der Waals surface area contributed by atoms with Gasteiger partial charge in [0.25, 0.3) is 6.43 Å². The van der Waals surface area contributed by atoms with E-state index in [1.54, 1.807) is 48.3 Å². The van der Waals surface area contributed by atoms with Gasteiger partial charge in [0.15, 0.2) is 5.78 Å². The first kappa shape index (κ1) is 14.9. The molecule has 21 heavy (non-hydrogen) atoms. The van der Waals surface area contributed by atoms with Crippen LogP contribution in [-0.2, 0) is 7.05 Å². The van der Waals surface area contributed by atoms with E-state index in [4.69, 9.17) is 4.74 Å². The number of carbonyl (C=O) groups is 1. The Balaban J connectivity index is 1.96. The minimum absolute atomic E-state index is 0.152. The zero-order valence-corrected chi connectivity index (χ0v) is 11.4. The van der Waals surface area contributed by atoms with Crippen molar-refractivity contribution in [1.29, 1.82) is 0 Å². The molecule has 2 aromatic rings. The molecule has 1 aromatic heterocycles. The van der Waals surface area contributed by atoms with Crippen LogP contribution in [0.4, 0.5) is 8.78 Å². The highest BCUT2D eigenvalue weighted by molar-refractivity contribution is 6.06. The fourth-order valence-electron chi connectivity index (χ4n) is 1.65. The summed E-state index contributed by atoms with van der Waals surface area (Å²) >= 11 is 0. The molecule has 6 heteroatoms. The van der Waals surface area contributed by atoms with E-state index in [1.807, 2.05) is 0 Å². The molecular weight excluding hydrogens is 278 g/mol. The first-order chi connectivity index (χ1) is 10.0. The lowest BCUT2D eigenvalue weighted by atomic mass is 10.1. The predicted molar refractivity (Wildman–Crippen MR) is 74.5 cm³/mol. The van der Waals surface area contributed by atoms with Gasteiger partial charge in [-0.1, -0.05) is 18.2 Å². The molecule has 0 aliphatic heterocycles. The molecule has 0 bridgehead atoms. The summed E-state index contributed by atoms with van der Waals surface area (Å²) in [5.74, 6) is 0.215. The Morgan fingerprint density at radius 2 is 2.10 bits per heavy atom. The molecule has 1 aromatic carbocycles. The number of hydrogen-bond acceptors (Lipinski definition) is 3. The molecule has 0 spiro atoms. The summed E-state index contributed by atoms with van der Waals surface area (Å²) in [6, 6.07) is 6.54. The maximum atomic E-state index is 12.0. The van der Waals surface area contributed by atoms with E-state index >= 15 is 0 Å². The van der Waals surface area contributed by atoms with E-state index in [0.29, 0.717) is 11.3 Å². The van der Waals surface area contributed by atoms with Crippen LogP contribution in [0.5, 0.6) is 5.75 Å².